The fourth-order valence-corrected chi connectivity index (χ4v) is 7.40. The van der Waals surface area contributed by atoms with E-state index in [1.54, 1.807) is 18.1 Å². The topological polar surface area (TPSA) is 93.0 Å². The number of morpholine rings is 1. The molecule has 4 aliphatic rings. The number of ether oxygens (including phenoxy) is 2. The first-order valence-electron chi connectivity index (χ1n) is 12.2. The van der Waals surface area contributed by atoms with Gasteiger partial charge in [0.2, 0.25) is 5.43 Å². The predicted molar refractivity (Wildman–Crippen MR) is 134 cm³/mol. The maximum Gasteiger partial charge on any atom is 0.278 e. The van der Waals surface area contributed by atoms with Crippen LogP contribution in [-0.4, -0.2) is 52.6 Å². The predicted octanol–water partition coefficient (Wildman–Crippen LogP) is 3.07. The minimum absolute atomic E-state index is 0.129. The average molecular weight is 540 g/mol. The van der Waals surface area contributed by atoms with Crippen LogP contribution in [0.5, 0.6) is 5.75 Å². The lowest BCUT2D eigenvalue weighted by Gasteiger charge is -2.48. The molecule has 11 heteroatoms. The Balaban J connectivity index is 1.39. The number of hydrogen-bond acceptors (Lipinski definition) is 7. The highest BCUT2D eigenvalue weighted by molar-refractivity contribution is 7.98. The van der Waals surface area contributed by atoms with E-state index in [0.29, 0.717) is 29.7 Å². The third kappa shape index (κ3) is 3.03. The summed E-state index contributed by atoms with van der Waals surface area (Å²) in [6, 6.07) is 9.80. The van der Waals surface area contributed by atoms with Gasteiger partial charge in [-0.25, -0.2) is 8.78 Å². The molecule has 3 aromatic rings. The number of benzene rings is 2. The van der Waals surface area contributed by atoms with E-state index in [1.165, 1.54) is 28.7 Å². The summed E-state index contributed by atoms with van der Waals surface area (Å²) < 4.78 is 42.2. The van der Waals surface area contributed by atoms with Crippen LogP contribution in [0.4, 0.5) is 8.78 Å². The number of pyridine rings is 1. The number of hydrogen-bond donors (Lipinski definition) is 2. The molecule has 1 unspecified atom stereocenters. The van der Waals surface area contributed by atoms with Gasteiger partial charge in [-0.2, -0.15) is 0 Å². The zero-order valence-electron chi connectivity index (χ0n) is 20.3. The monoisotopic (exact) mass is 539 g/mol. The van der Waals surface area contributed by atoms with E-state index in [9.17, 15) is 23.5 Å². The Morgan fingerprint density at radius 3 is 2.87 bits per heavy atom. The lowest BCUT2D eigenvalue weighted by molar-refractivity contribution is -0.132. The van der Waals surface area contributed by atoms with E-state index < -0.39 is 46.1 Å². The second kappa shape index (κ2) is 8.05. The number of nitrogens with one attached hydrogen (secondary N) is 1. The molecule has 4 heterocycles. The number of halogens is 2. The number of aromatic hydroxyl groups is 1. The second-order valence-corrected chi connectivity index (χ2v) is 11.1. The van der Waals surface area contributed by atoms with Crippen molar-refractivity contribution in [3.8, 4) is 5.75 Å². The van der Waals surface area contributed by atoms with Gasteiger partial charge in [-0.15, -0.1) is 11.8 Å². The summed E-state index contributed by atoms with van der Waals surface area (Å²) >= 11 is 1.44. The molecule has 3 atom stereocenters. The smallest absolute Gasteiger partial charge is 0.278 e. The maximum atomic E-state index is 14.7. The van der Waals surface area contributed by atoms with E-state index >= 15 is 0 Å². The lowest BCUT2D eigenvalue weighted by atomic mass is 9.91. The third-order valence-corrected chi connectivity index (χ3v) is 9.17. The van der Waals surface area contributed by atoms with Crippen LogP contribution in [0, 0.1) is 11.6 Å². The number of methoxy groups -OCH3 is 1. The van der Waals surface area contributed by atoms with Crippen molar-refractivity contribution in [2.24, 2.45) is 0 Å². The van der Waals surface area contributed by atoms with Crippen molar-refractivity contribution < 1.29 is 28.2 Å². The molecule has 8 nitrogen and oxygen atoms in total. The molecule has 3 aliphatic heterocycles. The Hall–Kier alpha value is -3.41. The molecule has 1 amide bonds. The fraction of sp³-hybridized carbons (Fsp3) is 0.333. The first-order chi connectivity index (χ1) is 18.3. The average Bonchev–Trinajstić information content (AvgIpc) is 3.60. The number of carbonyl (C=O) groups excluding carboxylic acids is 1. The molecule has 196 valence electrons. The van der Waals surface area contributed by atoms with Gasteiger partial charge in [0.05, 0.1) is 19.3 Å². The number of nitrogens with zero attached hydrogens (tertiary/aromatic N) is 2. The number of amides is 1. The van der Waals surface area contributed by atoms with Crippen molar-refractivity contribution in [1.82, 2.24) is 9.58 Å². The maximum absolute atomic E-state index is 14.7. The Morgan fingerprint density at radius 2 is 2.05 bits per heavy atom. The molecule has 38 heavy (non-hydrogen) atoms. The molecule has 1 saturated carbocycles. The molecule has 1 spiro atoms. The van der Waals surface area contributed by atoms with Crippen molar-refractivity contribution in [1.29, 1.82) is 0 Å². The SMILES string of the molecule is COCC1CN2C(=O)c3c(O)c(=O)ccn3N[C@@]23C[C@@]3(c2cccc3c2Cc2ccc(F)c(F)c2CS3)O1. The molecule has 0 bridgehead atoms. The van der Waals surface area contributed by atoms with Gasteiger partial charge in [0.1, 0.15) is 5.60 Å². The van der Waals surface area contributed by atoms with Gasteiger partial charge in [0.25, 0.3) is 5.91 Å². The van der Waals surface area contributed by atoms with Crippen LogP contribution in [0.15, 0.2) is 52.3 Å². The summed E-state index contributed by atoms with van der Waals surface area (Å²) in [6.07, 6.45) is 1.74. The highest BCUT2D eigenvalue weighted by atomic mass is 32.2. The summed E-state index contributed by atoms with van der Waals surface area (Å²) in [5, 5.41) is 10.4. The van der Waals surface area contributed by atoms with Crippen molar-refractivity contribution in [3.05, 3.63) is 92.4 Å². The van der Waals surface area contributed by atoms with Crippen LogP contribution in [0.3, 0.4) is 0 Å². The zero-order chi connectivity index (χ0) is 26.4. The normalized spacial score (nSPS) is 26.8. The van der Waals surface area contributed by atoms with Crippen LogP contribution < -0.4 is 10.9 Å². The van der Waals surface area contributed by atoms with Gasteiger partial charge in [-0.1, -0.05) is 18.2 Å². The molecular weight excluding hydrogens is 516 g/mol. The summed E-state index contributed by atoms with van der Waals surface area (Å²) in [7, 11) is 1.55. The molecule has 1 aromatic heterocycles. The van der Waals surface area contributed by atoms with Crippen molar-refractivity contribution in [2.75, 3.05) is 25.7 Å². The lowest BCUT2D eigenvalue weighted by Crippen LogP contribution is -2.65. The van der Waals surface area contributed by atoms with Gasteiger partial charge < -0.3 is 19.5 Å². The molecule has 2 aromatic carbocycles. The Labute approximate surface area is 220 Å². The van der Waals surface area contributed by atoms with Crippen LogP contribution in [0.25, 0.3) is 0 Å². The van der Waals surface area contributed by atoms with Gasteiger partial charge >= 0.3 is 0 Å². The van der Waals surface area contributed by atoms with E-state index in [1.807, 2.05) is 18.2 Å². The number of carbonyl (C=O) groups is 1. The minimum atomic E-state index is -0.980. The molecule has 2 N–H and O–H groups in total. The molecule has 0 radical (unpaired) electrons. The van der Waals surface area contributed by atoms with Gasteiger partial charge in [-0.3, -0.25) is 19.7 Å². The highest BCUT2D eigenvalue weighted by Gasteiger charge is 2.79. The summed E-state index contributed by atoms with van der Waals surface area (Å²) in [5.74, 6) is -2.49. The van der Waals surface area contributed by atoms with Gasteiger partial charge in [-0.05, 0) is 35.2 Å². The zero-order valence-corrected chi connectivity index (χ0v) is 21.1. The fourth-order valence-electron chi connectivity index (χ4n) is 6.26. The van der Waals surface area contributed by atoms with E-state index in [2.05, 4.69) is 5.43 Å². The first-order valence-corrected chi connectivity index (χ1v) is 13.2. The quantitative estimate of drug-likeness (QED) is 0.529. The van der Waals surface area contributed by atoms with Gasteiger partial charge in [0, 0.05) is 42.0 Å². The van der Waals surface area contributed by atoms with Crippen molar-refractivity contribution in [3.63, 3.8) is 0 Å². The highest BCUT2D eigenvalue weighted by Crippen LogP contribution is 2.66. The summed E-state index contributed by atoms with van der Waals surface area (Å²) in [4.78, 5) is 28.4. The molecule has 1 aliphatic carbocycles. The standard InChI is InChI=1S/C27H23F2N3O5S/c1-36-11-15-10-31-25(35)23-24(34)20(33)7-8-32(23)30-27(31)13-26(27,37-15)18-3-2-4-21-16(18)9-14-5-6-19(28)22(29)17(14)12-38-21/h2-8,15,30,34H,9-13H2,1H3/t15?,26-,27-/m0/s1. The minimum Gasteiger partial charge on any atom is -0.502 e. The Morgan fingerprint density at radius 1 is 1.21 bits per heavy atom. The second-order valence-electron chi connectivity index (χ2n) is 10.1. The molecule has 1 saturated heterocycles. The summed E-state index contributed by atoms with van der Waals surface area (Å²) in [5.41, 5.74) is 3.45. The molecule has 7 rings (SSSR count). The largest absolute Gasteiger partial charge is 0.502 e. The third-order valence-electron chi connectivity index (χ3n) is 8.04. The van der Waals surface area contributed by atoms with Crippen LogP contribution in [0.1, 0.15) is 39.2 Å². The van der Waals surface area contributed by atoms with E-state index in [4.69, 9.17) is 9.47 Å². The van der Waals surface area contributed by atoms with Gasteiger partial charge in [0.15, 0.2) is 28.7 Å². The van der Waals surface area contributed by atoms with Crippen LogP contribution in [0.2, 0.25) is 0 Å². The van der Waals surface area contributed by atoms with Crippen molar-refractivity contribution >= 4 is 17.7 Å². The molecule has 2 fully saturated rings. The van der Waals surface area contributed by atoms with E-state index in [0.717, 1.165) is 22.1 Å². The summed E-state index contributed by atoms with van der Waals surface area (Å²) in [6.45, 7) is 0.424. The van der Waals surface area contributed by atoms with Crippen molar-refractivity contribution in [2.45, 2.75) is 40.9 Å². The number of fused-ring (bicyclic) bond motifs is 3. The van der Waals surface area contributed by atoms with Crippen LogP contribution in [-0.2, 0) is 27.2 Å². The number of rotatable bonds is 3. The van der Waals surface area contributed by atoms with E-state index in [-0.39, 0.29) is 18.8 Å². The Kier molecular flexibility index (Phi) is 5.02. The first kappa shape index (κ1) is 23.7. The number of aromatic nitrogens is 1. The molecular formula is C27H23F2N3O5S. The Bertz CT molecular complexity index is 1600. The number of thioether (sulfide) groups is 1. The van der Waals surface area contributed by atoms with Crippen LogP contribution >= 0.6 is 11.8 Å².